The second kappa shape index (κ2) is 4.52. The molecule has 3 rings (SSSR count). The second-order valence-electron chi connectivity index (χ2n) is 4.34. The molecule has 1 aliphatic heterocycles. The van der Waals surface area contributed by atoms with E-state index in [1.54, 1.807) is 0 Å². The van der Waals surface area contributed by atoms with Crippen molar-refractivity contribution in [2.45, 2.75) is 19.0 Å². The monoisotopic (exact) mass is 232 g/mol. The molecule has 16 heavy (non-hydrogen) atoms. The molecule has 2 N–H and O–H groups in total. The maximum atomic E-state index is 3.62. The number of aromatic amines is 1. The van der Waals surface area contributed by atoms with Gasteiger partial charge in [0.15, 0.2) is 0 Å². The topological polar surface area (TPSA) is 27.8 Å². The third-order valence-electron chi connectivity index (χ3n) is 3.14. The zero-order chi connectivity index (χ0) is 10.8. The minimum atomic E-state index is 0.712. The third-order valence-corrected chi connectivity index (χ3v) is 4.31. The van der Waals surface area contributed by atoms with Crippen LogP contribution in [0, 0.1) is 0 Å². The highest BCUT2D eigenvalue weighted by Crippen LogP contribution is 2.18. The van der Waals surface area contributed by atoms with Crippen molar-refractivity contribution in [3.8, 4) is 0 Å². The fourth-order valence-electron chi connectivity index (χ4n) is 2.16. The molecule has 2 heterocycles. The standard InChI is InChI=1S/C13H16N2S/c1-2-11-3-5-14-13(11)7-10(1)8-15-12-4-6-16-9-12/h1-3,5,7,12,14-15H,4,6,8-9H2. The number of rotatable bonds is 3. The Labute approximate surface area is 99.8 Å². The van der Waals surface area contributed by atoms with Gasteiger partial charge in [-0.05, 0) is 35.3 Å². The van der Waals surface area contributed by atoms with E-state index in [4.69, 9.17) is 0 Å². The lowest BCUT2D eigenvalue weighted by Crippen LogP contribution is -2.27. The summed E-state index contributed by atoms with van der Waals surface area (Å²) in [7, 11) is 0. The summed E-state index contributed by atoms with van der Waals surface area (Å²) >= 11 is 2.05. The molecule has 1 atom stereocenters. The van der Waals surface area contributed by atoms with Gasteiger partial charge in [-0.3, -0.25) is 0 Å². The van der Waals surface area contributed by atoms with Crippen molar-refractivity contribution < 1.29 is 0 Å². The van der Waals surface area contributed by atoms with E-state index in [-0.39, 0.29) is 0 Å². The average molecular weight is 232 g/mol. The predicted octanol–water partition coefficient (Wildman–Crippen LogP) is 2.76. The van der Waals surface area contributed by atoms with Crippen molar-refractivity contribution in [3.05, 3.63) is 36.0 Å². The lowest BCUT2D eigenvalue weighted by atomic mass is 10.1. The van der Waals surface area contributed by atoms with Gasteiger partial charge in [-0.1, -0.05) is 12.1 Å². The quantitative estimate of drug-likeness (QED) is 0.851. The number of H-pyrrole nitrogens is 1. The first-order valence-electron chi connectivity index (χ1n) is 5.79. The van der Waals surface area contributed by atoms with Crippen LogP contribution in [0.1, 0.15) is 12.0 Å². The molecule has 1 saturated heterocycles. The largest absolute Gasteiger partial charge is 0.361 e. The van der Waals surface area contributed by atoms with Crippen LogP contribution in [0.4, 0.5) is 0 Å². The maximum absolute atomic E-state index is 3.62. The van der Waals surface area contributed by atoms with Crippen molar-refractivity contribution in [3.63, 3.8) is 0 Å². The summed E-state index contributed by atoms with van der Waals surface area (Å²) in [5.74, 6) is 2.58. The molecular formula is C13H16N2S. The van der Waals surface area contributed by atoms with Gasteiger partial charge in [0.25, 0.3) is 0 Å². The normalized spacial score (nSPS) is 20.6. The Morgan fingerprint density at radius 1 is 1.38 bits per heavy atom. The van der Waals surface area contributed by atoms with Crippen LogP contribution in [0.2, 0.25) is 0 Å². The lowest BCUT2D eigenvalue weighted by Gasteiger charge is -2.10. The van der Waals surface area contributed by atoms with Crippen LogP contribution in [0.25, 0.3) is 10.9 Å². The van der Waals surface area contributed by atoms with Crippen LogP contribution in [0.5, 0.6) is 0 Å². The first-order valence-corrected chi connectivity index (χ1v) is 6.94. The number of benzene rings is 1. The van der Waals surface area contributed by atoms with Gasteiger partial charge in [-0.15, -0.1) is 0 Å². The Morgan fingerprint density at radius 2 is 2.38 bits per heavy atom. The van der Waals surface area contributed by atoms with Gasteiger partial charge in [-0.25, -0.2) is 0 Å². The number of fused-ring (bicyclic) bond motifs is 1. The summed E-state index contributed by atoms with van der Waals surface area (Å²) in [4.78, 5) is 3.26. The number of nitrogens with one attached hydrogen (secondary N) is 2. The van der Waals surface area contributed by atoms with E-state index in [1.807, 2.05) is 6.20 Å². The van der Waals surface area contributed by atoms with Gasteiger partial charge in [0.2, 0.25) is 0 Å². The van der Waals surface area contributed by atoms with Crippen LogP contribution in [-0.2, 0) is 6.54 Å². The first-order chi connectivity index (χ1) is 7.92. The smallest absolute Gasteiger partial charge is 0.0457 e. The predicted molar refractivity (Wildman–Crippen MR) is 70.9 cm³/mol. The molecule has 1 aromatic carbocycles. The summed E-state index contributed by atoms with van der Waals surface area (Å²) < 4.78 is 0. The van der Waals surface area contributed by atoms with E-state index < -0.39 is 0 Å². The van der Waals surface area contributed by atoms with E-state index in [0.717, 1.165) is 6.54 Å². The highest BCUT2D eigenvalue weighted by atomic mass is 32.2. The van der Waals surface area contributed by atoms with Gasteiger partial charge in [-0.2, -0.15) is 11.8 Å². The summed E-state index contributed by atoms with van der Waals surface area (Å²) in [6, 6.07) is 9.46. The van der Waals surface area contributed by atoms with Crippen molar-refractivity contribution in [2.24, 2.45) is 0 Å². The second-order valence-corrected chi connectivity index (χ2v) is 5.49. The molecule has 1 aromatic heterocycles. The molecule has 3 heteroatoms. The van der Waals surface area contributed by atoms with Crippen LogP contribution in [-0.4, -0.2) is 22.5 Å². The Hall–Kier alpha value is -0.930. The molecule has 0 saturated carbocycles. The Balaban J connectivity index is 1.68. The molecule has 0 bridgehead atoms. The molecule has 0 amide bonds. The highest BCUT2D eigenvalue weighted by Gasteiger charge is 2.14. The van der Waals surface area contributed by atoms with Crippen LogP contribution < -0.4 is 5.32 Å². The molecule has 84 valence electrons. The van der Waals surface area contributed by atoms with Crippen molar-refractivity contribution >= 4 is 22.7 Å². The van der Waals surface area contributed by atoms with E-state index in [1.165, 1.54) is 34.4 Å². The summed E-state index contributed by atoms with van der Waals surface area (Å²) in [5, 5.41) is 4.91. The third kappa shape index (κ3) is 2.11. The van der Waals surface area contributed by atoms with Crippen molar-refractivity contribution in [1.29, 1.82) is 0 Å². The minimum Gasteiger partial charge on any atom is -0.361 e. The van der Waals surface area contributed by atoms with Crippen molar-refractivity contribution in [2.75, 3.05) is 11.5 Å². The molecule has 1 fully saturated rings. The summed E-state index contributed by atoms with van der Waals surface area (Å²) in [6.45, 7) is 0.986. The molecular weight excluding hydrogens is 216 g/mol. The summed E-state index contributed by atoms with van der Waals surface area (Å²) in [6.07, 6.45) is 3.31. The van der Waals surface area contributed by atoms with Crippen LogP contribution in [0.15, 0.2) is 30.5 Å². The molecule has 2 nitrogen and oxygen atoms in total. The van der Waals surface area contributed by atoms with Gasteiger partial charge in [0, 0.05) is 30.1 Å². The number of hydrogen-bond acceptors (Lipinski definition) is 2. The highest BCUT2D eigenvalue weighted by molar-refractivity contribution is 7.99. The number of thioether (sulfide) groups is 1. The zero-order valence-corrected chi connectivity index (χ0v) is 10.0. The SMILES string of the molecule is c1cc2ccc(CNC3CCSC3)cc2[nH]1. The first kappa shape index (κ1) is 10.2. The molecule has 0 radical (unpaired) electrons. The van der Waals surface area contributed by atoms with E-state index >= 15 is 0 Å². The van der Waals surface area contributed by atoms with E-state index in [2.05, 4.69) is 46.3 Å². The Kier molecular flexibility index (Phi) is 2.89. The summed E-state index contributed by atoms with van der Waals surface area (Å²) in [5.41, 5.74) is 2.60. The molecule has 1 aliphatic rings. The van der Waals surface area contributed by atoms with Gasteiger partial charge in [0.05, 0.1) is 0 Å². The molecule has 2 aromatic rings. The Bertz CT molecular complexity index is 471. The van der Waals surface area contributed by atoms with Crippen molar-refractivity contribution in [1.82, 2.24) is 10.3 Å². The minimum absolute atomic E-state index is 0.712. The zero-order valence-electron chi connectivity index (χ0n) is 9.20. The number of aromatic nitrogens is 1. The van der Waals surface area contributed by atoms with Gasteiger partial charge in [0.1, 0.15) is 0 Å². The fourth-order valence-corrected chi connectivity index (χ4v) is 3.35. The molecule has 0 spiro atoms. The lowest BCUT2D eigenvalue weighted by molar-refractivity contribution is 0.558. The van der Waals surface area contributed by atoms with E-state index in [9.17, 15) is 0 Å². The maximum Gasteiger partial charge on any atom is 0.0457 e. The van der Waals surface area contributed by atoms with Gasteiger partial charge >= 0.3 is 0 Å². The molecule has 1 unspecified atom stereocenters. The Morgan fingerprint density at radius 3 is 3.25 bits per heavy atom. The van der Waals surface area contributed by atoms with Gasteiger partial charge < -0.3 is 10.3 Å². The van der Waals surface area contributed by atoms with E-state index in [0.29, 0.717) is 6.04 Å². The van der Waals surface area contributed by atoms with Crippen LogP contribution >= 0.6 is 11.8 Å². The fraction of sp³-hybridized carbons (Fsp3) is 0.385. The number of hydrogen-bond donors (Lipinski definition) is 2. The average Bonchev–Trinajstić information content (AvgIpc) is 2.97. The molecule has 0 aliphatic carbocycles. The van der Waals surface area contributed by atoms with Crippen LogP contribution in [0.3, 0.4) is 0 Å².